The average molecular weight is 495 g/mol. The van der Waals surface area contributed by atoms with Gasteiger partial charge in [-0.1, -0.05) is 12.1 Å². The number of carbonyl (C=O) groups excluding carboxylic acids is 2. The second-order valence-electron chi connectivity index (χ2n) is 8.78. The zero-order chi connectivity index (χ0) is 25.5. The fraction of sp³-hybridized carbons (Fsp3) is 0.370. The number of halogens is 1. The van der Waals surface area contributed by atoms with Gasteiger partial charge in [0.15, 0.2) is 11.6 Å². The maximum absolute atomic E-state index is 14.3. The predicted octanol–water partition coefficient (Wildman–Crippen LogP) is 4.34. The molecule has 1 aromatic carbocycles. The molecule has 3 aromatic rings. The van der Waals surface area contributed by atoms with Crippen LogP contribution < -0.4 is 15.4 Å². The summed E-state index contributed by atoms with van der Waals surface area (Å²) in [4.78, 5) is 32.6. The largest absolute Gasteiger partial charge is 0.494 e. The van der Waals surface area contributed by atoms with E-state index in [4.69, 9.17) is 9.47 Å². The molecule has 1 unspecified atom stereocenters. The van der Waals surface area contributed by atoms with Gasteiger partial charge in [0.1, 0.15) is 11.5 Å². The summed E-state index contributed by atoms with van der Waals surface area (Å²) in [6.45, 7) is 1.92. The lowest BCUT2D eigenvalue weighted by molar-refractivity contribution is -0.143. The Kier molecular flexibility index (Phi) is 8.20. The van der Waals surface area contributed by atoms with Crippen molar-refractivity contribution in [2.45, 2.75) is 51.1 Å². The first-order valence-corrected chi connectivity index (χ1v) is 12.1. The fourth-order valence-corrected chi connectivity index (χ4v) is 4.41. The number of nitrogens with one attached hydrogen (secondary N) is 3. The minimum Gasteiger partial charge on any atom is -0.494 e. The summed E-state index contributed by atoms with van der Waals surface area (Å²) in [5, 5.41) is 6.33. The number of anilines is 1. The fourth-order valence-electron chi connectivity index (χ4n) is 4.41. The highest BCUT2D eigenvalue weighted by atomic mass is 19.1. The lowest BCUT2D eigenvalue weighted by Crippen LogP contribution is -2.31. The van der Waals surface area contributed by atoms with E-state index in [1.54, 1.807) is 25.3 Å². The number of aryl methyl sites for hydroxylation is 2. The van der Waals surface area contributed by atoms with Crippen LogP contribution in [0, 0.1) is 5.82 Å². The number of hydrogen-bond donors (Lipinski definition) is 3. The van der Waals surface area contributed by atoms with Crippen LogP contribution in [0.4, 0.5) is 10.2 Å². The number of fused-ring (bicyclic) bond motifs is 1. The van der Waals surface area contributed by atoms with Crippen molar-refractivity contribution in [2.24, 2.45) is 0 Å². The number of rotatable bonds is 10. The van der Waals surface area contributed by atoms with Gasteiger partial charge in [0.25, 0.3) is 5.91 Å². The maximum Gasteiger partial charge on any atom is 0.308 e. The molecule has 4 rings (SSSR count). The molecule has 8 nitrogen and oxygen atoms in total. The van der Waals surface area contributed by atoms with Gasteiger partial charge >= 0.3 is 5.97 Å². The Morgan fingerprint density at radius 1 is 1.28 bits per heavy atom. The third kappa shape index (κ3) is 6.21. The van der Waals surface area contributed by atoms with Crippen LogP contribution in [0.15, 0.2) is 48.8 Å². The van der Waals surface area contributed by atoms with E-state index in [-0.39, 0.29) is 24.7 Å². The first-order valence-electron chi connectivity index (χ1n) is 12.1. The second kappa shape index (κ2) is 11.7. The normalized spacial score (nSPS) is 15.4. The monoisotopic (exact) mass is 494 g/mol. The summed E-state index contributed by atoms with van der Waals surface area (Å²) in [7, 11) is 1.37. The van der Waals surface area contributed by atoms with Gasteiger partial charge in [-0.3, -0.25) is 9.59 Å². The molecule has 1 aliphatic rings. The lowest BCUT2D eigenvalue weighted by Gasteiger charge is -2.25. The third-order valence-electron chi connectivity index (χ3n) is 6.32. The number of H-pyrrole nitrogens is 1. The topological polar surface area (TPSA) is 105 Å². The van der Waals surface area contributed by atoms with E-state index in [0.717, 1.165) is 37.1 Å². The molecule has 3 heterocycles. The number of aromatic nitrogens is 2. The molecular formula is C27H31FN4O4. The summed E-state index contributed by atoms with van der Waals surface area (Å²) < 4.78 is 24.3. The van der Waals surface area contributed by atoms with Crippen molar-refractivity contribution in [1.29, 1.82) is 0 Å². The first kappa shape index (κ1) is 25.2. The van der Waals surface area contributed by atoms with E-state index in [2.05, 4.69) is 26.7 Å². The van der Waals surface area contributed by atoms with Crippen LogP contribution in [-0.4, -0.2) is 41.6 Å². The number of esters is 1. The van der Waals surface area contributed by atoms with Crippen LogP contribution in [0.25, 0.3) is 0 Å². The summed E-state index contributed by atoms with van der Waals surface area (Å²) in [5.41, 5.74) is 3.06. The Morgan fingerprint density at radius 3 is 2.92 bits per heavy atom. The highest BCUT2D eigenvalue weighted by Gasteiger charge is 2.23. The molecule has 1 amide bonds. The van der Waals surface area contributed by atoms with Crippen LogP contribution >= 0.6 is 0 Å². The number of carbonyl (C=O) groups is 2. The third-order valence-corrected chi connectivity index (χ3v) is 6.32. The van der Waals surface area contributed by atoms with Crippen LogP contribution in [-0.2, 0) is 22.4 Å². The van der Waals surface area contributed by atoms with Crippen LogP contribution in [0.5, 0.6) is 5.75 Å². The number of methoxy groups -OCH3 is 1. The van der Waals surface area contributed by atoms with E-state index in [1.165, 1.54) is 24.8 Å². The number of amides is 1. The second-order valence-corrected chi connectivity index (χ2v) is 8.78. The zero-order valence-electron chi connectivity index (χ0n) is 20.5. The summed E-state index contributed by atoms with van der Waals surface area (Å²) in [6, 6.07) is 9.76. The lowest BCUT2D eigenvalue weighted by atomic mass is 9.96. The number of pyridine rings is 1. The molecule has 0 saturated heterocycles. The Bertz CT molecular complexity index is 1210. The molecule has 0 bridgehead atoms. The minimum absolute atomic E-state index is 0.0840. The van der Waals surface area contributed by atoms with Crippen LogP contribution in [0.1, 0.15) is 59.4 Å². The molecule has 2 atom stereocenters. The van der Waals surface area contributed by atoms with Crippen molar-refractivity contribution in [2.75, 3.05) is 19.0 Å². The van der Waals surface area contributed by atoms with Crippen molar-refractivity contribution in [3.05, 3.63) is 77.0 Å². The Balaban J connectivity index is 1.39. The first-order chi connectivity index (χ1) is 17.5. The molecule has 9 heteroatoms. The summed E-state index contributed by atoms with van der Waals surface area (Å²) >= 11 is 0. The van der Waals surface area contributed by atoms with Gasteiger partial charge in [0.05, 0.1) is 26.2 Å². The Hall–Kier alpha value is -3.88. The van der Waals surface area contributed by atoms with Gasteiger partial charge in [-0.2, -0.15) is 0 Å². The average Bonchev–Trinajstić information content (AvgIpc) is 3.36. The van der Waals surface area contributed by atoms with Crippen molar-refractivity contribution < 1.29 is 23.5 Å². The maximum atomic E-state index is 14.3. The van der Waals surface area contributed by atoms with Gasteiger partial charge in [0, 0.05) is 18.4 Å². The van der Waals surface area contributed by atoms with Crippen molar-refractivity contribution in [3.8, 4) is 5.75 Å². The van der Waals surface area contributed by atoms with E-state index in [0.29, 0.717) is 17.3 Å². The van der Waals surface area contributed by atoms with Gasteiger partial charge in [-0.05, 0) is 73.6 Å². The summed E-state index contributed by atoms with van der Waals surface area (Å²) in [5.74, 6) is -0.413. The quantitative estimate of drug-likeness (QED) is 0.362. The SMILES string of the molecule is CCOC(=O)C[C@H](NC(=O)c1cc(CCC2CCc3cccnc3N2)c[nH]1)c1ccc(OC)c(F)c1. The molecule has 2 aromatic heterocycles. The van der Waals surface area contributed by atoms with Gasteiger partial charge in [-0.25, -0.2) is 9.37 Å². The van der Waals surface area contributed by atoms with Crippen molar-refractivity contribution >= 4 is 17.7 Å². The highest BCUT2D eigenvalue weighted by molar-refractivity contribution is 5.93. The molecule has 0 aliphatic carbocycles. The number of nitrogens with zero attached hydrogens (tertiary/aromatic N) is 1. The minimum atomic E-state index is -0.761. The molecule has 1 aliphatic heterocycles. The number of hydrogen-bond acceptors (Lipinski definition) is 6. The van der Waals surface area contributed by atoms with Crippen molar-refractivity contribution in [1.82, 2.24) is 15.3 Å². The highest BCUT2D eigenvalue weighted by Crippen LogP contribution is 2.26. The molecular weight excluding hydrogens is 463 g/mol. The Labute approximate surface area is 209 Å². The van der Waals surface area contributed by atoms with E-state index in [9.17, 15) is 14.0 Å². The number of aromatic amines is 1. The zero-order valence-corrected chi connectivity index (χ0v) is 20.5. The molecule has 0 spiro atoms. The Morgan fingerprint density at radius 2 is 2.14 bits per heavy atom. The molecule has 0 radical (unpaired) electrons. The van der Waals surface area contributed by atoms with E-state index < -0.39 is 17.8 Å². The molecule has 3 N–H and O–H groups in total. The molecule has 0 fully saturated rings. The van der Waals surface area contributed by atoms with Crippen LogP contribution in [0.2, 0.25) is 0 Å². The molecule has 0 saturated carbocycles. The van der Waals surface area contributed by atoms with Crippen molar-refractivity contribution in [3.63, 3.8) is 0 Å². The van der Waals surface area contributed by atoms with Gasteiger partial charge < -0.3 is 25.1 Å². The number of benzene rings is 1. The molecule has 36 heavy (non-hydrogen) atoms. The van der Waals surface area contributed by atoms with Gasteiger partial charge in [0.2, 0.25) is 0 Å². The molecule has 190 valence electrons. The summed E-state index contributed by atoms with van der Waals surface area (Å²) in [6.07, 6.45) is 7.21. The van der Waals surface area contributed by atoms with E-state index in [1.807, 2.05) is 12.3 Å². The van der Waals surface area contributed by atoms with Crippen LogP contribution in [0.3, 0.4) is 0 Å². The standard InChI is InChI=1S/C27H31FN4O4/c1-3-36-25(33)15-22(19-8-11-24(35-2)21(28)14-19)32-27(34)23-13-17(16-30-23)6-9-20-10-7-18-5-4-12-29-26(18)31-20/h4-5,8,11-14,16,20,22,30H,3,6-7,9-10,15H2,1-2H3,(H,29,31)(H,32,34)/t20?,22-/m0/s1. The van der Waals surface area contributed by atoms with Gasteiger partial charge in [-0.15, -0.1) is 0 Å². The van der Waals surface area contributed by atoms with E-state index >= 15 is 0 Å². The number of ether oxygens (including phenoxy) is 2. The predicted molar refractivity (Wildman–Crippen MR) is 133 cm³/mol. The smallest absolute Gasteiger partial charge is 0.308 e.